The highest BCUT2D eigenvalue weighted by Crippen LogP contribution is 2.30. The summed E-state index contributed by atoms with van der Waals surface area (Å²) in [7, 11) is -0.704. The van der Waals surface area contributed by atoms with E-state index in [4.69, 9.17) is 14.0 Å². The van der Waals surface area contributed by atoms with Crippen molar-refractivity contribution in [1.82, 2.24) is 0 Å². The van der Waals surface area contributed by atoms with E-state index in [0.29, 0.717) is 0 Å². The van der Waals surface area contributed by atoms with Crippen molar-refractivity contribution in [3.63, 3.8) is 0 Å². The summed E-state index contributed by atoms with van der Waals surface area (Å²) in [5, 5.41) is 29.8. The van der Waals surface area contributed by atoms with Gasteiger partial charge in [-0.2, -0.15) is 0 Å². The second-order valence-electron chi connectivity index (χ2n) is 5.32. The van der Waals surface area contributed by atoms with Gasteiger partial charge in [0.05, 0.1) is 13.2 Å². The van der Waals surface area contributed by atoms with E-state index < -0.39 is 31.2 Å². The Bertz CT molecular complexity index is 480. The number of benzene rings is 1. The minimum absolute atomic E-state index is 0.125. The van der Waals surface area contributed by atoms with Crippen LogP contribution in [0.2, 0.25) is 0 Å². The second-order valence-corrected chi connectivity index (χ2v) is 5.32. The van der Waals surface area contributed by atoms with E-state index in [1.165, 1.54) is 0 Å². The molecule has 20 heavy (non-hydrogen) atoms. The topological polar surface area (TPSA) is 88.4 Å². The fourth-order valence-corrected chi connectivity index (χ4v) is 2.46. The Morgan fingerprint density at radius 2 is 1.95 bits per heavy atom. The zero-order valence-electron chi connectivity index (χ0n) is 11.1. The van der Waals surface area contributed by atoms with E-state index in [9.17, 15) is 15.3 Å². The van der Waals surface area contributed by atoms with Crippen LogP contribution in [0.1, 0.15) is 5.56 Å². The Hall–Kier alpha value is -0.955. The Morgan fingerprint density at radius 1 is 1.25 bits per heavy atom. The van der Waals surface area contributed by atoms with Crippen LogP contribution < -0.4 is 5.46 Å². The SMILES string of the molecule is Cc1ccc(B2OC[C@]3(O)OC[C@@H](O)[C@@H](O)[C@@H]3O2)cc1. The lowest BCUT2D eigenvalue weighted by atomic mass is 9.75. The highest BCUT2D eigenvalue weighted by Gasteiger charge is 2.55. The van der Waals surface area contributed by atoms with E-state index in [0.717, 1.165) is 11.0 Å². The monoisotopic (exact) mass is 280 g/mol. The maximum atomic E-state index is 10.2. The van der Waals surface area contributed by atoms with Crippen LogP contribution in [0.4, 0.5) is 0 Å². The van der Waals surface area contributed by atoms with Gasteiger partial charge in [-0.15, -0.1) is 0 Å². The van der Waals surface area contributed by atoms with Gasteiger partial charge in [0.1, 0.15) is 18.3 Å². The minimum Gasteiger partial charge on any atom is -0.402 e. The molecule has 3 rings (SSSR count). The molecular weight excluding hydrogens is 263 g/mol. The van der Waals surface area contributed by atoms with E-state index in [2.05, 4.69) is 0 Å². The van der Waals surface area contributed by atoms with Crippen LogP contribution >= 0.6 is 0 Å². The van der Waals surface area contributed by atoms with E-state index in [-0.39, 0.29) is 13.2 Å². The van der Waals surface area contributed by atoms with Crippen LogP contribution in [0, 0.1) is 6.92 Å². The van der Waals surface area contributed by atoms with Gasteiger partial charge < -0.3 is 29.4 Å². The lowest BCUT2D eigenvalue weighted by Crippen LogP contribution is -2.69. The summed E-state index contributed by atoms with van der Waals surface area (Å²) in [4.78, 5) is 0. The molecule has 0 spiro atoms. The van der Waals surface area contributed by atoms with Crippen molar-refractivity contribution in [2.24, 2.45) is 0 Å². The summed E-state index contributed by atoms with van der Waals surface area (Å²) in [5.74, 6) is -1.72. The molecule has 6 nitrogen and oxygen atoms in total. The Morgan fingerprint density at radius 3 is 2.65 bits per heavy atom. The molecule has 2 heterocycles. The first-order valence-corrected chi connectivity index (χ1v) is 6.56. The molecule has 2 aliphatic heterocycles. The van der Waals surface area contributed by atoms with Crippen molar-refractivity contribution in [1.29, 1.82) is 0 Å². The molecule has 0 amide bonds. The second kappa shape index (κ2) is 5.11. The van der Waals surface area contributed by atoms with E-state index >= 15 is 0 Å². The average molecular weight is 280 g/mol. The van der Waals surface area contributed by atoms with Gasteiger partial charge in [0.25, 0.3) is 0 Å². The predicted octanol–water partition coefficient (Wildman–Crippen LogP) is -1.45. The number of aliphatic hydroxyl groups is 3. The largest absolute Gasteiger partial charge is 0.494 e. The zero-order valence-corrected chi connectivity index (χ0v) is 11.1. The van der Waals surface area contributed by atoms with Gasteiger partial charge in [0.15, 0.2) is 0 Å². The molecule has 2 fully saturated rings. The number of aryl methyl sites for hydroxylation is 1. The van der Waals surface area contributed by atoms with Crippen molar-refractivity contribution in [3.8, 4) is 0 Å². The quantitative estimate of drug-likeness (QED) is 0.545. The summed E-state index contributed by atoms with van der Waals surface area (Å²) >= 11 is 0. The predicted molar refractivity (Wildman–Crippen MR) is 70.3 cm³/mol. The van der Waals surface area contributed by atoms with Crippen LogP contribution in [0.15, 0.2) is 24.3 Å². The number of aliphatic hydroxyl groups excluding tert-OH is 2. The summed E-state index contributed by atoms with van der Waals surface area (Å²) in [6.45, 7) is 1.69. The van der Waals surface area contributed by atoms with Crippen LogP contribution in [-0.2, 0) is 14.0 Å². The third-order valence-corrected chi connectivity index (χ3v) is 3.71. The van der Waals surface area contributed by atoms with Crippen molar-refractivity contribution in [3.05, 3.63) is 29.8 Å². The van der Waals surface area contributed by atoms with Crippen molar-refractivity contribution < 1.29 is 29.4 Å². The Kier molecular flexibility index (Phi) is 3.57. The maximum absolute atomic E-state index is 10.2. The number of ether oxygens (including phenoxy) is 1. The average Bonchev–Trinajstić information content (AvgIpc) is 2.44. The maximum Gasteiger partial charge on any atom is 0.494 e. The molecule has 3 N–H and O–H groups in total. The molecule has 0 bridgehead atoms. The molecule has 2 saturated heterocycles. The molecule has 4 atom stereocenters. The van der Waals surface area contributed by atoms with Crippen LogP contribution in [-0.4, -0.2) is 59.8 Å². The van der Waals surface area contributed by atoms with E-state index in [1.54, 1.807) is 0 Å². The fraction of sp³-hybridized carbons (Fsp3) is 0.538. The smallest absolute Gasteiger partial charge is 0.402 e. The minimum atomic E-state index is -1.72. The fourth-order valence-electron chi connectivity index (χ4n) is 2.46. The summed E-state index contributed by atoms with van der Waals surface area (Å²) < 4.78 is 16.2. The Labute approximate surface area is 117 Å². The highest BCUT2D eigenvalue weighted by molar-refractivity contribution is 6.61. The molecular formula is C13H17BO6. The van der Waals surface area contributed by atoms with Gasteiger partial charge in [-0.25, -0.2) is 0 Å². The zero-order chi connectivity index (χ0) is 14.3. The van der Waals surface area contributed by atoms with Crippen molar-refractivity contribution in [2.75, 3.05) is 13.2 Å². The number of hydrogen-bond donors (Lipinski definition) is 3. The molecule has 2 aliphatic rings. The van der Waals surface area contributed by atoms with Gasteiger partial charge in [-0.05, 0) is 12.4 Å². The van der Waals surface area contributed by atoms with Crippen molar-refractivity contribution in [2.45, 2.75) is 31.0 Å². The summed E-state index contributed by atoms with van der Waals surface area (Å²) in [6, 6.07) is 7.56. The first-order valence-electron chi connectivity index (χ1n) is 6.56. The molecule has 108 valence electrons. The highest BCUT2D eigenvalue weighted by atomic mass is 16.7. The normalized spacial score (nSPS) is 37.6. The Balaban J connectivity index is 1.80. The molecule has 7 heteroatoms. The van der Waals surface area contributed by atoms with E-state index in [1.807, 2.05) is 31.2 Å². The van der Waals surface area contributed by atoms with Crippen LogP contribution in [0.25, 0.3) is 0 Å². The van der Waals surface area contributed by atoms with Gasteiger partial charge >= 0.3 is 7.12 Å². The van der Waals surface area contributed by atoms with Crippen LogP contribution in [0.5, 0.6) is 0 Å². The number of rotatable bonds is 1. The molecule has 1 aromatic carbocycles. The standard InChI is InChI=1S/C13H17BO6/c1-8-2-4-9(5-3-8)14-19-7-13(17)12(20-14)11(16)10(15)6-18-13/h2-5,10-12,15-17H,6-7H2,1H3/t10-,11-,12+,13+/m1/s1. The number of fused-ring (bicyclic) bond motifs is 1. The first kappa shape index (κ1) is 14.0. The molecule has 0 aromatic heterocycles. The molecule has 1 aromatic rings. The van der Waals surface area contributed by atoms with Crippen molar-refractivity contribution >= 4 is 12.6 Å². The summed E-state index contributed by atoms with van der Waals surface area (Å²) in [5.41, 5.74) is 1.89. The lowest BCUT2D eigenvalue weighted by molar-refractivity contribution is -0.338. The first-order chi connectivity index (χ1) is 9.49. The van der Waals surface area contributed by atoms with Gasteiger partial charge in [0.2, 0.25) is 5.79 Å². The number of hydrogen-bond acceptors (Lipinski definition) is 6. The molecule has 0 radical (unpaired) electrons. The third-order valence-electron chi connectivity index (χ3n) is 3.71. The third kappa shape index (κ3) is 2.37. The van der Waals surface area contributed by atoms with Crippen LogP contribution in [0.3, 0.4) is 0 Å². The molecule has 0 aliphatic carbocycles. The van der Waals surface area contributed by atoms with Gasteiger partial charge in [0, 0.05) is 0 Å². The van der Waals surface area contributed by atoms with Gasteiger partial charge in [-0.1, -0.05) is 29.8 Å². The molecule has 0 saturated carbocycles. The van der Waals surface area contributed by atoms with Gasteiger partial charge in [-0.3, -0.25) is 0 Å². The lowest BCUT2D eigenvalue weighted by Gasteiger charge is -2.47. The summed E-state index contributed by atoms with van der Waals surface area (Å²) in [6.07, 6.45) is -3.35. The molecule has 0 unspecified atom stereocenters.